The molecule has 8 rings (SSSR count). The summed E-state index contributed by atoms with van der Waals surface area (Å²) >= 11 is 6.92. The van der Waals surface area contributed by atoms with E-state index in [0.29, 0.717) is 40.8 Å². The van der Waals surface area contributed by atoms with Crippen LogP contribution in [-0.2, 0) is 0 Å². The summed E-state index contributed by atoms with van der Waals surface area (Å²) in [5.41, 5.74) is 1.11. The van der Waals surface area contributed by atoms with Crippen molar-refractivity contribution in [2.75, 3.05) is 56.1 Å². The van der Waals surface area contributed by atoms with Crippen LogP contribution in [0.25, 0.3) is 32.8 Å². The average molecular weight is 573 g/mol. The molecule has 3 aromatic carbocycles. The van der Waals surface area contributed by atoms with Crippen LogP contribution in [-0.4, -0.2) is 78.4 Å². The van der Waals surface area contributed by atoms with Gasteiger partial charge >= 0.3 is 0 Å². The van der Waals surface area contributed by atoms with Crippen molar-refractivity contribution in [3.63, 3.8) is 0 Å². The third-order valence-corrected chi connectivity index (χ3v) is 10.1. The fraction of sp³-hybridized carbons (Fsp3) is 0.438. The molecule has 7 nitrogen and oxygen atoms in total. The first kappa shape index (κ1) is 25.5. The molecule has 0 radical (unpaired) electrons. The lowest BCUT2D eigenvalue weighted by Crippen LogP contribution is -2.51. The van der Waals surface area contributed by atoms with Crippen LogP contribution in [0.5, 0.6) is 5.75 Å². The third kappa shape index (κ3) is 4.30. The van der Waals surface area contributed by atoms with Gasteiger partial charge in [0, 0.05) is 55.8 Å². The number of phenols is 1. The predicted octanol–water partition coefficient (Wildman–Crippen LogP) is 5.28. The highest BCUT2D eigenvalue weighted by Gasteiger charge is 2.39. The van der Waals surface area contributed by atoms with Crippen LogP contribution in [0.2, 0.25) is 5.02 Å². The van der Waals surface area contributed by atoms with Gasteiger partial charge in [0.2, 0.25) is 5.95 Å². The number of aromatic nitrogens is 2. The summed E-state index contributed by atoms with van der Waals surface area (Å²) in [6.07, 6.45) is 3.45. The van der Waals surface area contributed by atoms with E-state index in [1.54, 1.807) is 12.1 Å². The fourth-order valence-electron chi connectivity index (χ4n) is 7.78. The Hall–Kier alpha value is -3.20. The number of anilines is 2. The highest BCUT2D eigenvalue weighted by Crippen LogP contribution is 2.43. The van der Waals surface area contributed by atoms with E-state index in [-0.39, 0.29) is 21.9 Å². The van der Waals surface area contributed by atoms with Gasteiger partial charge in [0.25, 0.3) is 0 Å². The lowest BCUT2D eigenvalue weighted by Gasteiger charge is -2.35. The number of nitrogens with zero attached hydrogens (tertiary/aromatic N) is 5. The Balaban J connectivity index is 1.31. The lowest BCUT2D eigenvalue weighted by molar-refractivity contribution is 0.178. The Labute approximate surface area is 243 Å². The van der Waals surface area contributed by atoms with Crippen molar-refractivity contribution in [1.29, 1.82) is 0 Å². The van der Waals surface area contributed by atoms with Gasteiger partial charge in [-0.1, -0.05) is 35.9 Å². The number of piperidine rings is 1. The van der Waals surface area contributed by atoms with E-state index in [0.717, 1.165) is 75.1 Å². The summed E-state index contributed by atoms with van der Waals surface area (Å²) in [4.78, 5) is 17.1. The van der Waals surface area contributed by atoms with Gasteiger partial charge in [0.05, 0.1) is 5.02 Å². The topological polar surface area (TPSA) is 67.8 Å². The average Bonchev–Trinajstić information content (AvgIpc) is 3.54. The SMILES string of the molecule is CN1CCC2CN(c3nc(N4CC5CCC(C4)N5)c4cc(Cl)c(-c5cc(O)cc6ccccc56)c(F)c4n3)CC2C1. The van der Waals surface area contributed by atoms with Crippen molar-refractivity contribution >= 4 is 45.0 Å². The number of aromatic hydroxyl groups is 1. The molecule has 4 aromatic rings. The molecule has 2 N–H and O–H groups in total. The monoisotopic (exact) mass is 572 g/mol. The normalized spacial score (nSPS) is 26.3. The van der Waals surface area contributed by atoms with Gasteiger partial charge in [-0.25, -0.2) is 9.37 Å². The van der Waals surface area contributed by atoms with E-state index in [1.807, 2.05) is 30.3 Å². The second kappa shape index (κ2) is 9.68. The Morgan fingerprint density at radius 1 is 0.902 bits per heavy atom. The maximum absolute atomic E-state index is 16.9. The van der Waals surface area contributed by atoms with Crippen LogP contribution in [0.1, 0.15) is 19.3 Å². The van der Waals surface area contributed by atoms with Gasteiger partial charge < -0.3 is 25.1 Å². The number of halogens is 2. The molecule has 4 unspecified atom stereocenters. The Morgan fingerprint density at radius 2 is 1.68 bits per heavy atom. The summed E-state index contributed by atoms with van der Waals surface area (Å²) in [7, 11) is 2.19. The predicted molar refractivity (Wildman–Crippen MR) is 163 cm³/mol. The van der Waals surface area contributed by atoms with Crippen LogP contribution in [0.15, 0.2) is 42.5 Å². The maximum Gasteiger partial charge on any atom is 0.228 e. The van der Waals surface area contributed by atoms with Crippen LogP contribution in [0.3, 0.4) is 0 Å². The van der Waals surface area contributed by atoms with E-state index < -0.39 is 5.82 Å². The number of piperazine rings is 1. The minimum absolute atomic E-state index is 0.0688. The van der Waals surface area contributed by atoms with E-state index >= 15 is 4.39 Å². The van der Waals surface area contributed by atoms with Gasteiger partial charge in [-0.15, -0.1) is 0 Å². The summed E-state index contributed by atoms with van der Waals surface area (Å²) in [5, 5.41) is 16.8. The van der Waals surface area contributed by atoms with Gasteiger partial charge in [-0.05, 0) is 79.2 Å². The first-order chi connectivity index (χ1) is 19.9. The van der Waals surface area contributed by atoms with Gasteiger partial charge in [-0.3, -0.25) is 0 Å². The van der Waals surface area contributed by atoms with Gasteiger partial charge in [0.15, 0.2) is 5.82 Å². The summed E-state index contributed by atoms with van der Waals surface area (Å²) in [6.45, 7) is 5.62. The minimum atomic E-state index is -0.470. The number of rotatable bonds is 3. The molecule has 4 atom stereocenters. The molecule has 1 aromatic heterocycles. The standard InChI is InChI=1S/C32H34ClFN6O/c1-38-9-8-19-14-40(15-20(19)13-38)32-36-30-26(31(37-32)39-16-21-6-7-22(17-39)35-21)12-27(33)28(29(30)34)25-11-23(41)10-18-4-2-3-5-24(18)25/h2-5,10-12,19-22,35,41H,6-9,13-17H2,1H3. The van der Waals surface area contributed by atoms with Crippen molar-refractivity contribution in [2.45, 2.75) is 31.3 Å². The molecule has 0 aliphatic carbocycles. The summed E-state index contributed by atoms with van der Waals surface area (Å²) < 4.78 is 16.9. The molecule has 0 saturated carbocycles. The van der Waals surface area contributed by atoms with Crippen LogP contribution < -0.4 is 15.1 Å². The minimum Gasteiger partial charge on any atom is -0.508 e. The molecule has 212 valence electrons. The molecule has 0 spiro atoms. The first-order valence-corrected chi connectivity index (χ1v) is 15.2. The molecule has 4 aliphatic heterocycles. The number of hydrogen-bond acceptors (Lipinski definition) is 7. The molecule has 41 heavy (non-hydrogen) atoms. The van der Waals surface area contributed by atoms with Crippen molar-refractivity contribution < 1.29 is 9.50 Å². The Bertz CT molecular complexity index is 1670. The third-order valence-electron chi connectivity index (χ3n) is 9.77. The summed E-state index contributed by atoms with van der Waals surface area (Å²) in [6, 6.07) is 13.6. The maximum atomic E-state index is 16.9. The second-order valence-electron chi connectivity index (χ2n) is 12.5. The highest BCUT2D eigenvalue weighted by molar-refractivity contribution is 6.35. The van der Waals surface area contributed by atoms with Crippen LogP contribution in [0, 0.1) is 17.7 Å². The van der Waals surface area contributed by atoms with E-state index in [4.69, 9.17) is 21.6 Å². The van der Waals surface area contributed by atoms with Crippen LogP contribution in [0.4, 0.5) is 16.2 Å². The van der Waals surface area contributed by atoms with Crippen molar-refractivity contribution in [1.82, 2.24) is 20.2 Å². The summed E-state index contributed by atoms with van der Waals surface area (Å²) in [5.74, 6) is 2.14. The Kier molecular flexibility index (Phi) is 6.02. The quantitative estimate of drug-likeness (QED) is 0.346. The number of benzene rings is 3. The number of phenolic OH excluding ortho intramolecular Hbond substituents is 1. The van der Waals surface area contributed by atoms with Crippen molar-refractivity contribution in [3.05, 3.63) is 53.3 Å². The highest BCUT2D eigenvalue weighted by atomic mass is 35.5. The molecule has 0 amide bonds. The smallest absolute Gasteiger partial charge is 0.228 e. The Morgan fingerprint density at radius 3 is 2.51 bits per heavy atom. The molecule has 4 saturated heterocycles. The van der Waals surface area contributed by atoms with E-state index in [9.17, 15) is 5.11 Å². The largest absolute Gasteiger partial charge is 0.508 e. The number of nitrogens with one attached hydrogen (secondary N) is 1. The first-order valence-electron chi connectivity index (χ1n) is 14.8. The zero-order chi connectivity index (χ0) is 27.8. The molecular weight excluding hydrogens is 539 g/mol. The van der Waals surface area contributed by atoms with E-state index in [1.165, 1.54) is 0 Å². The van der Waals surface area contributed by atoms with Crippen LogP contribution >= 0.6 is 11.6 Å². The number of likely N-dealkylation sites (tertiary alicyclic amines) is 1. The lowest BCUT2D eigenvalue weighted by atomic mass is 9.89. The zero-order valence-electron chi connectivity index (χ0n) is 23.2. The molecule has 4 fully saturated rings. The molecule has 5 heterocycles. The number of hydrogen-bond donors (Lipinski definition) is 2. The van der Waals surface area contributed by atoms with Crippen molar-refractivity contribution in [2.24, 2.45) is 11.8 Å². The molecule has 9 heteroatoms. The number of fused-ring (bicyclic) bond motifs is 5. The zero-order valence-corrected chi connectivity index (χ0v) is 23.9. The van der Waals surface area contributed by atoms with Gasteiger partial charge in [-0.2, -0.15) is 4.98 Å². The second-order valence-corrected chi connectivity index (χ2v) is 12.9. The molecular formula is C32H34ClFN6O. The molecule has 2 bridgehead atoms. The van der Waals surface area contributed by atoms with E-state index in [2.05, 4.69) is 27.1 Å². The molecule has 4 aliphatic rings. The fourth-order valence-corrected chi connectivity index (χ4v) is 8.08. The van der Waals surface area contributed by atoms with Crippen molar-refractivity contribution in [3.8, 4) is 16.9 Å². The van der Waals surface area contributed by atoms with Gasteiger partial charge in [0.1, 0.15) is 17.1 Å².